The molecule has 9 nitrogen and oxygen atoms in total. The topological polar surface area (TPSA) is 86.1 Å². The van der Waals surface area contributed by atoms with Crippen molar-refractivity contribution in [1.82, 2.24) is 29.3 Å². The average Bonchev–Trinajstić information content (AvgIpc) is 3.75. The third-order valence-electron chi connectivity index (χ3n) is 7.95. The van der Waals surface area contributed by atoms with E-state index in [0.29, 0.717) is 30.1 Å². The minimum Gasteiger partial charge on any atom is -0.339 e. The fourth-order valence-corrected chi connectivity index (χ4v) is 5.49. The van der Waals surface area contributed by atoms with Crippen LogP contribution in [-0.2, 0) is 4.79 Å². The maximum absolute atomic E-state index is 13.0. The van der Waals surface area contributed by atoms with Gasteiger partial charge in [-0.05, 0) is 61.2 Å². The molecule has 4 heterocycles. The number of nitrogens with zero attached hydrogens (tertiary/aromatic N) is 6. The van der Waals surface area contributed by atoms with Crippen LogP contribution in [0.1, 0.15) is 48.0 Å². The van der Waals surface area contributed by atoms with Gasteiger partial charge in [0.15, 0.2) is 5.65 Å². The Balaban J connectivity index is 1.09. The predicted octanol–water partition coefficient (Wildman–Crippen LogP) is 4.35. The third kappa shape index (κ3) is 6.37. The fourth-order valence-electron chi connectivity index (χ4n) is 5.49. The zero-order chi connectivity index (χ0) is 28.6. The molecule has 6 rings (SSSR count). The highest BCUT2D eigenvalue weighted by molar-refractivity contribution is 5.94. The molecule has 1 aromatic carbocycles. The van der Waals surface area contributed by atoms with Crippen molar-refractivity contribution in [2.75, 3.05) is 44.6 Å². The highest BCUT2D eigenvalue weighted by atomic mass is 19.4. The number of alkyl halides is 3. The Morgan fingerprint density at radius 1 is 0.976 bits per heavy atom. The van der Waals surface area contributed by atoms with Crippen LogP contribution in [0.4, 0.5) is 24.8 Å². The summed E-state index contributed by atoms with van der Waals surface area (Å²) in [5, 5.41) is 7.73. The number of rotatable bonds is 7. The summed E-state index contributed by atoms with van der Waals surface area (Å²) < 4.78 is 39.1. The first-order valence-corrected chi connectivity index (χ1v) is 14.0. The van der Waals surface area contributed by atoms with E-state index < -0.39 is 24.9 Å². The summed E-state index contributed by atoms with van der Waals surface area (Å²) in [7, 11) is 0. The van der Waals surface area contributed by atoms with Crippen molar-refractivity contribution in [2.45, 2.75) is 44.3 Å². The number of fused-ring (bicyclic) bond motifs is 1. The van der Waals surface area contributed by atoms with Gasteiger partial charge in [0, 0.05) is 74.7 Å². The maximum atomic E-state index is 13.0. The predicted molar refractivity (Wildman–Crippen MR) is 148 cm³/mol. The van der Waals surface area contributed by atoms with Crippen LogP contribution in [0, 0.1) is 0 Å². The molecule has 1 aliphatic carbocycles. The molecule has 0 bridgehead atoms. The lowest BCUT2D eigenvalue weighted by Crippen LogP contribution is -2.49. The quantitative estimate of drug-likeness (QED) is 0.457. The largest absolute Gasteiger partial charge is 0.389 e. The molecule has 41 heavy (non-hydrogen) atoms. The van der Waals surface area contributed by atoms with Crippen LogP contribution in [0.2, 0.25) is 0 Å². The fraction of sp³-hybridized carbons (Fsp3) is 0.448. The second kappa shape index (κ2) is 11.2. The van der Waals surface area contributed by atoms with Crippen molar-refractivity contribution < 1.29 is 22.8 Å². The van der Waals surface area contributed by atoms with E-state index in [-0.39, 0.29) is 12.5 Å². The number of aromatic nitrogens is 3. The first-order chi connectivity index (χ1) is 19.7. The van der Waals surface area contributed by atoms with Gasteiger partial charge in [-0.15, -0.1) is 5.10 Å². The number of carbonyl (C=O) groups is 2. The van der Waals surface area contributed by atoms with E-state index in [4.69, 9.17) is 0 Å². The zero-order valence-corrected chi connectivity index (χ0v) is 22.6. The lowest BCUT2D eigenvalue weighted by molar-refractivity contribution is -0.148. The normalized spacial score (nSPS) is 18.5. The molecular formula is C29H32F3N7O2. The van der Waals surface area contributed by atoms with Crippen LogP contribution in [0.3, 0.4) is 0 Å². The van der Waals surface area contributed by atoms with Gasteiger partial charge in [-0.1, -0.05) is 6.08 Å². The van der Waals surface area contributed by atoms with Crippen molar-refractivity contribution in [3.05, 3.63) is 59.8 Å². The number of benzene rings is 1. The summed E-state index contributed by atoms with van der Waals surface area (Å²) in [6, 6.07) is 11.8. The molecule has 1 N–H and O–H groups in total. The Bertz CT molecular complexity index is 1460. The van der Waals surface area contributed by atoms with E-state index in [2.05, 4.69) is 20.3 Å². The highest BCUT2D eigenvalue weighted by Crippen LogP contribution is 2.29. The van der Waals surface area contributed by atoms with Crippen LogP contribution in [-0.4, -0.2) is 92.6 Å². The van der Waals surface area contributed by atoms with Gasteiger partial charge >= 0.3 is 6.18 Å². The molecule has 0 unspecified atom stereocenters. The molecule has 1 saturated carbocycles. The van der Waals surface area contributed by atoms with Gasteiger partial charge < -0.3 is 15.1 Å². The Morgan fingerprint density at radius 2 is 1.73 bits per heavy atom. The van der Waals surface area contributed by atoms with Gasteiger partial charge in [0.2, 0.25) is 11.9 Å². The zero-order valence-electron chi connectivity index (χ0n) is 22.6. The molecule has 0 spiro atoms. The van der Waals surface area contributed by atoms with Crippen molar-refractivity contribution >= 4 is 34.7 Å². The summed E-state index contributed by atoms with van der Waals surface area (Å²) >= 11 is 0. The van der Waals surface area contributed by atoms with Crippen molar-refractivity contribution in [3.8, 4) is 0 Å². The van der Waals surface area contributed by atoms with E-state index in [9.17, 15) is 22.8 Å². The molecule has 2 amide bonds. The molecule has 216 valence electrons. The number of halogens is 3. The molecule has 3 aromatic rings. The molecule has 1 saturated heterocycles. The Hall–Kier alpha value is -3.93. The number of piperazine rings is 1. The number of anilines is 2. The average molecular weight is 568 g/mol. The van der Waals surface area contributed by atoms with Gasteiger partial charge in [-0.25, -0.2) is 4.52 Å². The van der Waals surface area contributed by atoms with Crippen molar-refractivity contribution in [1.29, 1.82) is 0 Å². The summed E-state index contributed by atoms with van der Waals surface area (Å²) in [5.74, 6) is -0.0503. The number of nitrogens with one attached hydrogen (secondary N) is 1. The number of hydrogen-bond acceptors (Lipinski definition) is 6. The van der Waals surface area contributed by atoms with E-state index >= 15 is 0 Å². The van der Waals surface area contributed by atoms with Crippen LogP contribution >= 0.6 is 0 Å². The molecule has 3 aliphatic rings. The van der Waals surface area contributed by atoms with Crippen molar-refractivity contribution in [3.63, 3.8) is 0 Å². The second-order valence-electron chi connectivity index (χ2n) is 10.8. The van der Waals surface area contributed by atoms with E-state index in [1.807, 2.05) is 47.4 Å². The number of pyridine rings is 1. The van der Waals surface area contributed by atoms with E-state index in [1.165, 1.54) is 17.7 Å². The van der Waals surface area contributed by atoms with Crippen molar-refractivity contribution in [2.24, 2.45) is 0 Å². The second-order valence-corrected chi connectivity index (χ2v) is 10.8. The number of carbonyl (C=O) groups excluding carboxylic acids is 2. The van der Waals surface area contributed by atoms with E-state index in [1.54, 1.807) is 10.7 Å². The molecule has 2 aliphatic heterocycles. The third-order valence-corrected chi connectivity index (χ3v) is 7.95. The summed E-state index contributed by atoms with van der Waals surface area (Å²) in [5.41, 5.74) is 3.86. The van der Waals surface area contributed by atoms with Gasteiger partial charge in [-0.2, -0.15) is 18.2 Å². The number of amides is 2. The lowest BCUT2D eigenvalue weighted by Gasteiger charge is -2.34. The monoisotopic (exact) mass is 567 g/mol. The van der Waals surface area contributed by atoms with Crippen LogP contribution in [0.5, 0.6) is 0 Å². The molecular weight excluding hydrogens is 535 g/mol. The van der Waals surface area contributed by atoms with Crippen LogP contribution in [0.15, 0.2) is 48.7 Å². The Labute approximate surface area is 235 Å². The van der Waals surface area contributed by atoms with Crippen LogP contribution < -0.4 is 5.32 Å². The van der Waals surface area contributed by atoms with Gasteiger partial charge in [0.05, 0.1) is 6.42 Å². The first kappa shape index (κ1) is 27.3. The standard InChI is InChI=1S/C29H32F3N7O2/c30-29(31,32)12-9-25(40)37-14-10-20(11-15-37)24-2-1-13-39-26(24)34-28(35-39)33-22-5-3-21(4-6-22)27(41)38-18-16-36(17-19-38)23-7-8-23/h1-6,10,13,23H,7-9,11-12,14-19H2,(H,33,35). The maximum Gasteiger partial charge on any atom is 0.389 e. The summed E-state index contributed by atoms with van der Waals surface area (Å²) in [6.07, 6.45) is 0.746. The smallest absolute Gasteiger partial charge is 0.339 e. The van der Waals surface area contributed by atoms with Crippen LogP contribution in [0.25, 0.3) is 11.2 Å². The number of hydrogen-bond donors (Lipinski definition) is 1. The highest BCUT2D eigenvalue weighted by Gasteiger charge is 2.32. The van der Waals surface area contributed by atoms with Gasteiger partial charge in [0.25, 0.3) is 5.91 Å². The minimum atomic E-state index is -4.34. The molecule has 2 fully saturated rings. The SMILES string of the molecule is O=C(CCC(F)(F)F)N1CC=C(c2cccn3nc(Nc4ccc(C(=O)N5CCN(C6CC6)CC5)cc4)nc23)CC1. The van der Waals surface area contributed by atoms with E-state index in [0.717, 1.165) is 49.0 Å². The Kier molecular flexibility index (Phi) is 7.41. The first-order valence-electron chi connectivity index (χ1n) is 14.0. The lowest BCUT2D eigenvalue weighted by atomic mass is 10.00. The summed E-state index contributed by atoms with van der Waals surface area (Å²) in [6.45, 7) is 3.99. The summed E-state index contributed by atoms with van der Waals surface area (Å²) in [4.78, 5) is 35.7. The van der Waals surface area contributed by atoms with Gasteiger partial charge in [-0.3, -0.25) is 14.5 Å². The molecule has 2 aromatic heterocycles. The Morgan fingerprint density at radius 3 is 2.39 bits per heavy atom. The molecule has 0 radical (unpaired) electrons. The minimum absolute atomic E-state index is 0.0452. The van der Waals surface area contributed by atoms with Gasteiger partial charge in [0.1, 0.15) is 0 Å². The molecule has 0 atom stereocenters. The molecule has 12 heteroatoms.